The average Bonchev–Trinajstić information content (AvgIpc) is 2.60. The Labute approximate surface area is 142 Å². The molecule has 2 rings (SSSR count). The highest BCUT2D eigenvalue weighted by Gasteiger charge is 2.20. The van der Waals surface area contributed by atoms with Crippen molar-refractivity contribution >= 4 is 15.9 Å². The molecule has 0 aliphatic rings. The van der Waals surface area contributed by atoms with Crippen LogP contribution in [0.2, 0.25) is 0 Å². The molecule has 134 valence electrons. The summed E-state index contributed by atoms with van der Waals surface area (Å²) in [6.45, 7) is -0.500. The van der Waals surface area contributed by atoms with Crippen LogP contribution in [0, 0.1) is 11.6 Å². The van der Waals surface area contributed by atoms with E-state index in [4.69, 9.17) is 9.47 Å². The lowest BCUT2D eigenvalue weighted by molar-refractivity contribution is -0.123. The minimum Gasteiger partial charge on any atom is -0.497 e. The van der Waals surface area contributed by atoms with Crippen molar-refractivity contribution in [3.63, 3.8) is 0 Å². The van der Waals surface area contributed by atoms with E-state index in [1.54, 1.807) is 29.1 Å². The number of ether oxygens (including phenoxy) is 2. The van der Waals surface area contributed by atoms with Gasteiger partial charge in [-0.05, 0) is 42.5 Å². The molecule has 10 heteroatoms. The topological polar surface area (TPSA) is 93.7 Å². The predicted molar refractivity (Wildman–Crippen MR) is 83.3 cm³/mol. The summed E-state index contributed by atoms with van der Waals surface area (Å²) in [7, 11) is -2.97. The number of rotatable bonds is 7. The summed E-state index contributed by atoms with van der Waals surface area (Å²) in [4.78, 5) is 12.4. The van der Waals surface area contributed by atoms with Crippen LogP contribution in [0.1, 0.15) is 0 Å². The molecule has 0 aromatic heterocycles. The number of methoxy groups -OCH3 is 1. The maximum atomic E-state index is 13.5. The normalized spacial score (nSPS) is 11.0. The Kier molecular flexibility index (Phi) is 5.88. The predicted octanol–water partition coefficient (Wildman–Crippen LogP) is 1.36. The van der Waals surface area contributed by atoms with Crippen molar-refractivity contribution in [1.82, 2.24) is 10.3 Å². The summed E-state index contributed by atoms with van der Waals surface area (Å²) in [6, 6.07) is 8.27. The van der Waals surface area contributed by atoms with Gasteiger partial charge in [0.15, 0.2) is 6.61 Å². The van der Waals surface area contributed by atoms with Crippen LogP contribution in [0.5, 0.6) is 11.5 Å². The molecular formula is C15H14F2N2O5S. The number of hydrazine groups is 1. The van der Waals surface area contributed by atoms with Gasteiger partial charge in [-0.15, -0.1) is 4.83 Å². The smallest absolute Gasteiger partial charge is 0.272 e. The molecule has 0 saturated heterocycles. The first-order chi connectivity index (χ1) is 11.8. The Balaban J connectivity index is 1.91. The van der Waals surface area contributed by atoms with Crippen molar-refractivity contribution in [3.05, 3.63) is 54.1 Å². The van der Waals surface area contributed by atoms with Gasteiger partial charge in [-0.25, -0.2) is 17.2 Å². The molecule has 0 saturated carbocycles. The first-order valence-electron chi connectivity index (χ1n) is 6.84. The third-order valence-corrected chi connectivity index (χ3v) is 4.20. The Morgan fingerprint density at radius 1 is 1.08 bits per heavy atom. The molecule has 7 nitrogen and oxygen atoms in total. The molecule has 1 amide bonds. The average molecular weight is 372 g/mol. The minimum absolute atomic E-state index is 0.356. The fourth-order valence-electron chi connectivity index (χ4n) is 1.72. The van der Waals surface area contributed by atoms with Crippen molar-refractivity contribution in [2.45, 2.75) is 4.90 Å². The lowest BCUT2D eigenvalue weighted by Crippen LogP contribution is -2.44. The van der Waals surface area contributed by atoms with Crippen LogP contribution in [0.15, 0.2) is 47.4 Å². The van der Waals surface area contributed by atoms with E-state index < -0.39 is 39.1 Å². The molecule has 0 fully saturated rings. The van der Waals surface area contributed by atoms with Crippen molar-refractivity contribution in [1.29, 1.82) is 0 Å². The molecule has 2 N–H and O–H groups in total. The van der Waals surface area contributed by atoms with Crippen LogP contribution in [0.3, 0.4) is 0 Å². The maximum absolute atomic E-state index is 13.5. The molecule has 0 radical (unpaired) electrons. The molecular weight excluding hydrogens is 358 g/mol. The van der Waals surface area contributed by atoms with Crippen LogP contribution in [-0.2, 0) is 14.8 Å². The molecule has 25 heavy (non-hydrogen) atoms. The number of nitrogens with one attached hydrogen (secondary N) is 2. The second kappa shape index (κ2) is 7.90. The summed E-state index contributed by atoms with van der Waals surface area (Å²) in [5.41, 5.74) is 1.85. The van der Waals surface area contributed by atoms with E-state index >= 15 is 0 Å². The molecule has 2 aromatic rings. The van der Waals surface area contributed by atoms with Crippen molar-refractivity contribution < 1.29 is 31.5 Å². The summed E-state index contributed by atoms with van der Waals surface area (Å²) in [5.74, 6) is -1.97. The number of hydrogen-bond donors (Lipinski definition) is 2. The highest BCUT2D eigenvalue weighted by molar-refractivity contribution is 7.89. The molecule has 0 atom stereocenters. The highest BCUT2D eigenvalue weighted by atomic mass is 32.2. The third kappa shape index (κ3) is 5.13. The Morgan fingerprint density at radius 2 is 1.72 bits per heavy atom. The zero-order valence-corrected chi connectivity index (χ0v) is 13.8. The second-order valence-corrected chi connectivity index (χ2v) is 6.34. The fourth-order valence-corrected chi connectivity index (χ4v) is 2.67. The molecule has 0 unspecified atom stereocenters. The van der Waals surface area contributed by atoms with Gasteiger partial charge in [0.2, 0.25) is 0 Å². The van der Waals surface area contributed by atoms with Crippen LogP contribution >= 0.6 is 0 Å². The number of amides is 1. The van der Waals surface area contributed by atoms with Gasteiger partial charge < -0.3 is 9.47 Å². The number of carbonyl (C=O) groups excluding carboxylic acids is 1. The van der Waals surface area contributed by atoms with Gasteiger partial charge in [-0.3, -0.25) is 10.2 Å². The van der Waals surface area contributed by atoms with Crippen LogP contribution in [0.4, 0.5) is 8.78 Å². The summed E-state index contributed by atoms with van der Waals surface area (Å²) in [6.07, 6.45) is 0. The minimum atomic E-state index is -4.47. The van der Waals surface area contributed by atoms with Crippen molar-refractivity contribution in [3.8, 4) is 11.5 Å². The van der Waals surface area contributed by atoms with E-state index in [-0.39, 0.29) is 0 Å². The summed E-state index contributed by atoms with van der Waals surface area (Å²) in [5, 5.41) is 0. The van der Waals surface area contributed by atoms with Gasteiger partial charge in [0.05, 0.1) is 7.11 Å². The van der Waals surface area contributed by atoms with Crippen LogP contribution < -0.4 is 19.7 Å². The van der Waals surface area contributed by atoms with Gasteiger partial charge in [-0.1, -0.05) is 0 Å². The fraction of sp³-hybridized carbons (Fsp3) is 0.133. The van der Waals surface area contributed by atoms with Gasteiger partial charge in [0.25, 0.3) is 15.9 Å². The molecule has 0 aliphatic heterocycles. The molecule has 0 aliphatic carbocycles. The summed E-state index contributed by atoms with van der Waals surface area (Å²) < 4.78 is 60.4. The lowest BCUT2D eigenvalue weighted by atomic mass is 10.3. The first kappa shape index (κ1) is 18.6. The van der Waals surface area contributed by atoms with Gasteiger partial charge in [0, 0.05) is 0 Å². The molecule has 0 spiro atoms. The Morgan fingerprint density at radius 3 is 2.36 bits per heavy atom. The molecule has 0 heterocycles. The second-order valence-electron chi connectivity index (χ2n) is 4.69. The van der Waals surface area contributed by atoms with Crippen LogP contribution in [0.25, 0.3) is 0 Å². The highest BCUT2D eigenvalue weighted by Crippen LogP contribution is 2.17. The third-order valence-electron chi connectivity index (χ3n) is 2.94. The zero-order valence-electron chi connectivity index (χ0n) is 13.0. The maximum Gasteiger partial charge on any atom is 0.272 e. The monoisotopic (exact) mass is 372 g/mol. The van der Waals surface area contributed by atoms with Crippen LogP contribution in [-0.4, -0.2) is 28.0 Å². The van der Waals surface area contributed by atoms with Gasteiger partial charge in [0.1, 0.15) is 28.0 Å². The standard InChI is InChI=1S/C15H14F2N2O5S/c1-23-11-3-5-12(6-4-11)24-9-15(20)18-19-25(21,22)14-8-10(16)2-7-13(14)17/h2-8,19H,9H2,1H3,(H,18,20). The number of hydrogen-bond acceptors (Lipinski definition) is 5. The van der Waals surface area contributed by atoms with E-state index in [1.807, 2.05) is 5.43 Å². The van der Waals surface area contributed by atoms with E-state index in [0.29, 0.717) is 23.6 Å². The molecule has 2 aromatic carbocycles. The SMILES string of the molecule is COc1ccc(OCC(=O)NNS(=O)(=O)c2cc(F)ccc2F)cc1. The van der Waals surface area contributed by atoms with Crippen molar-refractivity contribution in [2.75, 3.05) is 13.7 Å². The number of benzene rings is 2. The number of halogens is 2. The largest absolute Gasteiger partial charge is 0.497 e. The van der Waals surface area contributed by atoms with E-state index in [2.05, 4.69) is 0 Å². The van der Waals surface area contributed by atoms with Gasteiger partial charge in [-0.2, -0.15) is 0 Å². The van der Waals surface area contributed by atoms with E-state index in [1.165, 1.54) is 7.11 Å². The van der Waals surface area contributed by atoms with Crippen molar-refractivity contribution in [2.24, 2.45) is 0 Å². The molecule has 0 bridgehead atoms. The zero-order chi connectivity index (χ0) is 18.4. The lowest BCUT2D eigenvalue weighted by Gasteiger charge is -2.10. The first-order valence-corrected chi connectivity index (χ1v) is 8.32. The van der Waals surface area contributed by atoms with Gasteiger partial charge >= 0.3 is 0 Å². The van der Waals surface area contributed by atoms with E-state index in [9.17, 15) is 22.0 Å². The quantitative estimate of drug-likeness (QED) is 0.716. The Bertz CT molecular complexity index is 857. The number of sulfonamides is 1. The summed E-state index contributed by atoms with van der Waals surface area (Å²) >= 11 is 0. The van der Waals surface area contributed by atoms with E-state index in [0.717, 1.165) is 6.07 Å². The Hall–Kier alpha value is -2.72. The number of carbonyl (C=O) groups is 1.